The third kappa shape index (κ3) is 6.55. The number of nitrogens with one attached hydrogen (secondary N) is 2. The monoisotopic (exact) mass is 378 g/mol. The standard InChI is InChI=1S/C16H21F3N4O.ClH/c1-15(2,3)13-12(9-22-23-13)8-20-7-11-5-4-6-21-14(11)24-10-16(17,18)19;/h4-6,9,20H,7-8,10H2,1-3H3,(H,22,23);1H. The summed E-state index contributed by atoms with van der Waals surface area (Å²) in [6.45, 7) is 5.76. The molecule has 2 rings (SSSR count). The normalized spacial score (nSPS) is 11.9. The SMILES string of the molecule is CC(C)(C)c1[nH]ncc1CNCc1cccnc1OCC(F)(F)F.Cl. The first kappa shape index (κ1) is 21.2. The molecule has 0 aliphatic heterocycles. The van der Waals surface area contributed by atoms with E-state index in [1.54, 1.807) is 18.3 Å². The molecule has 0 fully saturated rings. The maximum absolute atomic E-state index is 12.3. The Morgan fingerprint density at radius 3 is 2.48 bits per heavy atom. The van der Waals surface area contributed by atoms with Gasteiger partial charge in [0.05, 0.1) is 6.20 Å². The summed E-state index contributed by atoms with van der Waals surface area (Å²) in [6.07, 6.45) is -1.23. The Hall–Kier alpha value is -1.80. The maximum Gasteiger partial charge on any atom is 0.422 e. The van der Waals surface area contributed by atoms with Crippen LogP contribution in [0.15, 0.2) is 24.5 Å². The highest BCUT2D eigenvalue weighted by molar-refractivity contribution is 5.85. The molecular formula is C16H22ClF3N4O. The van der Waals surface area contributed by atoms with Crippen molar-refractivity contribution in [3.63, 3.8) is 0 Å². The van der Waals surface area contributed by atoms with Gasteiger partial charge in [-0.15, -0.1) is 12.4 Å². The average molecular weight is 379 g/mol. The van der Waals surface area contributed by atoms with E-state index in [2.05, 4.69) is 41.3 Å². The topological polar surface area (TPSA) is 62.8 Å². The lowest BCUT2D eigenvalue weighted by Gasteiger charge is -2.18. The smallest absolute Gasteiger partial charge is 0.422 e. The number of hydrogen-bond donors (Lipinski definition) is 2. The zero-order valence-electron chi connectivity index (χ0n) is 14.3. The van der Waals surface area contributed by atoms with E-state index in [9.17, 15) is 13.2 Å². The Bertz CT molecular complexity index is 668. The van der Waals surface area contributed by atoms with Gasteiger partial charge in [-0.05, 0) is 6.07 Å². The van der Waals surface area contributed by atoms with E-state index in [-0.39, 0.29) is 23.7 Å². The summed E-state index contributed by atoms with van der Waals surface area (Å²) >= 11 is 0. The van der Waals surface area contributed by atoms with Gasteiger partial charge in [0, 0.05) is 41.5 Å². The molecule has 0 bridgehead atoms. The Balaban J connectivity index is 0.00000312. The second kappa shape index (κ2) is 8.53. The van der Waals surface area contributed by atoms with Crippen molar-refractivity contribution in [2.24, 2.45) is 0 Å². The number of nitrogens with zero attached hydrogens (tertiary/aromatic N) is 2. The highest BCUT2D eigenvalue weighted by Gasteiger charge is 2.29. The molecule has 25 heavy (non-hydrogen) atoms. The van der Waals surface area contributed by atoms with Gasteiger partial charge in [-0.2, -0.15) is 18.3 Å². The second-order valence-electron chi connectivity index (χ2n) is 6.50. The minimum atomic E-state index is -4.39. The number of halogens is 4. The highest BCUT2D eigenvalue weighted by atomic mass is 35.5. The lowest BCUT2D eigenvalue weighted by molar-refractivity contribution is -0.154. The Morgan fingerprint density at radius 2 is 1.84 bits per heavy atom. The fraction of sp³-hybridized carbons (Fsp3) is 0.500. The number of H-pyrrole nitrogens is 1. The molecule has 0 aliphatic carbocycles. The number of rotatable bonds is 6. The molecule has 0 spiro atoms. The molecule has 0 amide bonds. The lowest BCUT2D eigenvalue weighted by atomic mass is 9.89. The van der Waals surface area contributed by atoms with E-state index in [1.165, 1.54) is 6.20 Å². The average Bonchev–Trinajstić information content (AvgIpc) is 2.94. The van der Waals surface area contributed by atoms with E-state index in [1.807, 2.05) is 0 Å². The number of aromatic amines is 1. The van der Waals surface area contributed by atoms with Crippen molar-refractivity contribution in [1.29, 1.82) is 0 Å². The molecule has 0 atom stereocenters. The first-order chi connectivity index (χ1) is 11.2. The third-order valence-electron chi connectivity index (χ3n) is 3.32. The van der Waals surface area contributed by atoms with Gasteiger partial charge >= 0.3 is 6.18 Å². The van der Waals surface area contributed by atoms with Gasteiger partial charge in [-0.3, -0.25) is 5.10 Å². The fourth-order valence-corrected chi connectivity index (χ4v) is 2.27. The Morgan fingerprint density at radius 1 is 1.16 bits per heavy atom. The van der Waals surface area contributed by atoms with Gasteiger partial charge in [-0.1, -0.05) is 26.8 Å². The fourth-order valence-electron chi connectivity index (χ4n) is 2.27. The van der Waals surface area contributed by atoms with Gasteiger partial charge in [0.15, 0.2) is 6.61 Å². The largest absolute Gasteiger partial charge is 0.468 e. The van der Waals surface area contributed by atoms with E-state index in [0.717, 1.165) is 11.3 Å². The second-order valence-corrected chi connectivity index (χ2v) is 6.50. The summed E-state index contributed by atoms with van der Waals surface area (Å²) in [6, 6.07) is 3.35. The van der Waals surface area contributed by atoms with Crippen LogP contribution in [0, 0.1) is 0 Å². The molecule has 2 aromatic heterocycles. The van der Waals surface area contributed by atoms with Gasteiger partial charge in [0.1, 0.15) is 0 Å². The number of pyridine rings is 1. The van der Waals surface area contributed by atoms with Gasteiger partial charge in [0.25, 0.3) is 0 Å². The predicted molar refractivity (Wildman–Crippen MR) is 90.9 cm³/mol. The number of alkyl halides is 3. The quantitative estimate of drug-likeness (QED) is 0.803. The van der Waals surface area contributed by atoms with Crippen LogP contribution in [0.1, 0.15) is 37.6 Å². The van der Waals surface area contributed by atoms with Gasteiger partial charge in [0.2, 0.25) is 5.88 Å². The highest BCUT2D eigenvalue weighted by Crippen LogP contribution is 2.24. The summed E-state index contributed by atoms with van der Waals surface area (Å²) in [5.74, 6) is -0.00874. The third-order valence-corrected chi connectivity index (χ3v) is 3.32. The van der Waals surface area contributed by atoms with Crippen molar-refractivity contribution in [2.75, 3.05) is 6.61 Å². The molecule has 0 aliphatic rings. The molecular weight excluding hydrogens is 357 g/mol. The molecule has 2 heterocycles. The van der Waals surface area contributed by atoms with Crippen molar-refractivity contribution < 1.29 is 17.9 Å². The summed E-state index contributed by atoms with van der Waals surface area (Å²) in [5, 5.41) is 10.2. The summed E-state index contributed by atoms with van der Waals surface area (Å²) in [4.78, 5) is 3.87. The van der Waals surface area contributed by atoms with Crippen LogP contribution in [0.2, 0.25) is 0 Å². The van der Waals surface area contributed by atoms with E-state index >= 15 is 0 Å². The summed E-state index contributed by atoms with van der Waals surface area (Å²) in [7, 11) is 0. The van der Waals surface area contributed by atoms with Crippen LogP contribution in [-0.4, -0.2) is 28.0 Å². The minimum absolute atomic E-state index is 0. The van der Waals surface area contributed by atoms with Crippen LogP contribution in [0.4, 0.5) is 13.2 Å². The molecule has 0 aromatic carbocycles. The molecule has 0 saturated carbocycles. The zero-order chi connectivity index (χ0) is 17.8. The molecule has 140 valence electrons. The van der Waals surface area contributed by atoms with Crippen LogP contribution in [0.25, 0.3) is 0 Å². The van der Waals surface area contributed by atoms with E-state index < -0.39 is 12.8 Å². The number of hydrogen-bond acceptors (Lipinski definition) is 4. The van der Waals surface area contributed by atoms with Crippen molar-refractivity contribution in [3.05, 3.63) is 41.3 Å². The lowest BCUT2D eigenvalue weighted by Crippen LogP contribution is -2.22. The molecule has 0 radical (unpaired) electrons. The van der Waals surface area contributed by atoms with Crippen molar-refractivity contribution in [2.45, 2.75) is 45.5 Å². The van der Waals surface area contributed by atoms with Gasteiger partial charge < -0.3 is 10.1 Å². The molecule has 0 saturated heterocycles. The van der Waals surface area contributed by atoms with Crippen molar-refractivity contribution >= 4 is 12.4 Å². The van der Waals surface area contributed by atoms with Gasteiger partial charge in [-0.25, -0.2) is 4.98 Å². The molecule has 9 heteroatoms. The zero-order valence-corrected chi connectivity index (χ0v) is 15.1. The summed E-state index contributed by atoms with van der Waals surface area (Å²) in [5.41, 5.74) is 2.55. The number of aromatic nitrogens is 3. The van der Waals surface area contributed by atoms with Crippen LogP contribution < -0.4 is 10.1 Å². The molecule has 2 N–H and O–H groups in total. The van der Waals surface area contributed by atoms with Crippen LogP contribution in [-0.2, 0) is 18.5 Å². The Labute approximate surface area is 150 Å². The number of ether oxygens (including phenoxy) is 1. The van der Waals surface area contributed by atoms with Crippen molar-refractivity contribution in [3.8, 4) is 5.88 Å². The minimum Gasteiger partial charge on any atom is -0.468 e. The summed E-state index contributed by atoms with van der Waals surface area (Å²) < 4.78 is 41.6. The first-order valence-electron chi connectivity index (χ1n) is 7.54. The molecule has 2 aromatic rings. The van der Waals surface area contributed by atoms with E-state index in [4.69, 9.17) is 4.74 Å². The maximum atomic E-state index is 12.3. The van der Waals surface area contributed by atoms with Crippen LogP contribution in [0.3, 0.4) is 0 Å². The van der Waals surface area contributed by atoms with Crippen LogP contribution in [0.5, 0.6) is 5.88 Å². The molecule has 0 unspecified atom stereocenters. The molecule has 5 nitrogen and oxygen atoms in total. The Kier molecular flexibility index (Phi) is 7.25. The van der Waals surface area contributed by atoms with E-state index in [0.29, 0.717) is 18.7 Å². The van der Waals surface area contributed by atoms with Crippen LogP contribution >= 0.6 is 12.4 Å². The van der Waals surface area contributed by atoms with Crippen molar-refractivity contribution in [1.82, 2.24) is 20.5 Å². The first-order valence-corrected chi connectivity index (χ1v) is 7.54. The predicted octanol–water partition coefficient (Wildman–Crippen LogP) is 3.75.